The van der Waals surface area contributed by atoms with Crippen LogP contribution in [0.5, 0.6) is 0 Å². The Bertz CT molecular complexity index is 2170. The summed E-state index contributed by atoms with van der Waals surface area (Å²) in [5.41, 5.74) is 14.8. The summed E-state index contributed by atoms with van der Waals surface area (Å²) in [7, 11) is -12.0. The Morgan fingerprint density at radius 3 is 0.600 bits per heavy atom. The number of pyridine rings is 6. The molecule has 0 atom stereocenters. The second-order valence-corrected chi connectivity index (χ2v) is 17.2. The number of benzene rings is 1. The van der Waals surface area contributed by atoms with E-state index in [9.17, 15) is 34.5 Å². The Balaban J connectivity index is 0.00000115. The number of aromatic nitrogens is 6. The molecule has 7 aromatic rings. The third kappa shape index (κ3) is 26.2. The van der Waals surface area contributed by atoms with Crippen molar-refractivity contribution in [3.63, 3.8) is 0 Å². The number of alkyl halides is 2. The predicted molar refractivity (Wildman–Crippen MR) is 276 cm³/mol. The van der Waals surface area contributed by atoms with E-state index in [0.29, 0.717) is 39.3 Å². The molecule has 0 saturated heterocycles. The largest absolute Gasteiger partial charge is 1.00 e. The quantitative estimate of drug-likeness (QED) is 0.0397. The number of rotatable bonds is 21. The minimum atomic E-state index is -6.00. The van der Waals surface area contributed by atoms with Gasteiger partial charge in [-0.3, -0.25) is 44.6 Å². The molecular weight excluding hydrogens is 1120 g/mol. The summed E-state index contributed by atoms with van der Waals surface area (Å²) in [6.07, 6.45) is 14.1. The zero-order valence-corrected chi connectivity index (χ0v) is 45.0. The molecule has 0 aliphatic carbocycles. The van der Waals surface area contributed by atoms with Gasteiger partial charge in [-0.05, 0) is 125 Å². The predicted octanol–water partition coefficient (Wildman–Crippen LogP) is 13.4. The van der Waals surface area contributed by atoms with E-state index in [2.05, 4.69) is 108 Å². The maximum atomic E-state index is 9.75. The van der Waals surface area contributed by atoms with Gasteiger partial charge >= 0.3 is 48.6 Å². The van der Waals surface area contributed by atoms with E-state index in [1.807, 2.05) is 73.6 Å². The van der Waals surface area contributed by atoms with E-state index in [1.54, 1.807) is 0 Å². The van der Waals surface area contributed by atoms with Gasteiger partial charge in [0, 0.05) is 96.1 Å². The molecule has 0 unspecified atom stereocenters. The summed E-state index contributed by atoms with van der Waals surface area (Å²) in [6, 6.07) is 37.2. The van der Waals surface area contributed by atoms with E-state index in [4.69, 9.17) is 53.1 Å². The van der Waals surface area contributed by atoms with Crippen molar-refractivity contribution in [3.05, 3.63) is 214 Å². The van der Waals surface area contributed by atoms with Gasteiger partial charge in [-0.1, -0.05) is 57.2 Å². The van der Waals surface area contributed by atoms with Crippen molar-refractivity contribution >= 4 is 37.7 Å². The minimum Gasteiger partial charge on any atom is -0.418 e. The van der Waals surface area contributed by atoms with E-state index >= 15 is 0 Å². The fourth-order valence-electron chi connectivity index (χ4n) is 8.44. The molecule has 0 radical (unpaired) electrons. The maximum absolute atomic E-state index is 9.75. The van der Waals surface area contributed by atoms with Crippen LogP contribution in [0.15, 0.2) is 146 Å². The summed E-state index contributed by atoms with van der Waals surface area (Å²) in [4.78, 5) is 36.3. The number of hydrogen-bond donors (Lipinski definition) is 0. The van der Waals surface area contributed by atoms with Crippen LogP contribution in [0.4, 0.5) is 34.5 Å². The van der Waals surface area contributed by atoms with Crippen LogP contribution in [0, 0.1) is 0 Å². The molecule has 0 bridgehead atoms. The van der Waals surface area contributed by atoms with Gasteiger partial charge in [0.1, 0.15) is 0 Å². The van der Waals surface area contributed by atoms with Gasteiger partial charge in [-0.15, -0.1) is 23.2 Å². The Hall–Kier alpha value is -4.81. The van der Waals surface area contributed by atoms with Crippen LogP contribution in [0.2, 0.25) is 0 Å². The Morgan fingerprint density at radius 2 is 0.480 bits per heavy atom. The normalized spacial score (nSPS) is 11.0. The average molecular weight is 1180 g/mol. The second kappa shape index (κ2) is 35.5. The molecule has 7 rings (SSSR count). The van der Waals surface area contributed by atoms with Crippen LogP contribution in [-0.2, 0) is 112 Å². The zero-order valence-electron chi connectivity index (χ0n) is 41.6. The van der Waals surface area contributed by atoms with Gasteiger partial charge in [-0.25, -0.2) is 0 Å². The first-order valence-corrected chi connectivity index (χ1v) is 24.7. The van der Waals surface area contributed by atoms with Gasteiger partial charge in [0.05, 0.1) is 39.5 Å². The summed E-state index contributed by atoms with van der Waals surface area (Å²) < 4.78 is 78.0. The molecule has 0 aliphatic rings. The van der Waals surface area contributed by atoms with Gasteiger partial charge < -0.3 is 34.5 Å². The van der Waals surface area contributed by atoms with Crippen molar-refractivity contribution in [2.75, 3.05) is 5.34 Å². The first-order valence-electron chi connectivity index (χ1n) is 23.6. The zero-order chi connectivity index (χ0) is 53.1. The third-order valence-electron chi connectivity index (χ3n) is 11.1. The van der Waals surface area contributed by atoms with Crippen LogP contribution in [0.3, 0.4) is 0 Å². The van der Waals surface area contributed by atoms with Crippen LogP contribution in [0.1, 0.15) is 88.3 Å². The van der Waals surface area contributed by atoms with Crippen molar-refractivity contribution < 1.29 is 68.7 Å². The SMILES string of the molecule is CCc1c(CN(Cc2ccccn2)Cc2ccccn2)c(CC)c(CN(Cc2ccccn2)Cc2ccccn2)c(CC)c1CN(Cc1ccccn1)Cc1ccccn1.ClCCl.F[B-](F)(F)F.F[B-](F)(F)F.[Cu+].[Cu+]. The van der Waals surface area contributed by atoms with Gasteiger partial charge in [-0.2, -0.15) is 0 Å². The van der Waals surface area contributed by atoms with E-state index in [0.717, 1.165) is 73.1 Å². The summed E-state index contributed by atoms with van der Waals surface area (Å²) in [5, 5.41) is 0.194. The van der Waals surface area contributed by atoms with Crippen LogP contribution in [0.25, 0.3) is 0 Å². The van der Waals surface area contributed by atoms with E-state index in [-0.39, 0.29) is 39.5 Å². The molecule has 0 spiro atoms. The van der Waals surface area contributed by atoms with Crippen molar-refractivity contribution in [2.45, 2.75) is 98.9 Å². The van der Waals surface area contributed by atoms with Gasteiger partial charge in [0.25, 0.3) is 0 Å². The molecule has 9 nitrogen and oxygen atoms in total. The van der Waals surface area contributed by atoms with Crippen molar-refractivity contribution in [3.8, 4) is 0 Å². The second-order valence-electron chi connectivity index (χ2n) is 16.4. The van der Waals surface area contributed by atoms with Crippen LogP contribution < -0.4 is 0 Å². The first-order chi connectivity index (χ1) is 35.0. The Morgan fingerprint density at radius 1 is 0.320 bits per heavy atom. The minimum absolute atomic E-state index is 0. The molecule has 75 heavy (non-hydrogen) atoms. The Labute approximate surface area is 466 Å². The third-order valence-corrected chi connectivity index (χ3v) is 11.1. The van der Waals surface area contributed by atoms with Gasteiger partial charge in [0.2, 0.25) is 0 Å². The average Bonchev–Trinajstić information content (AvgIpc) is 3.35. The summed E-state index contributed by atoms with van der Waals surface area (Å²) in [6.45, 7) is 13.6. The first kappa shape index (κ1) is 66.3. The molecule has 23 heteroatoms. The molecule has 0 saturated carbocycles. The fraction of sp³-hybridized carbons (Fsp3) is 0.308. The molecular formula is C52H59B2Cl2Cu2F8N9. The summed E-state index contributed by atoms with van der Waals surface area (Å²) in [5.74, 6) is 0. The van der Waals surface area contributed by atoms with Crippen molar-refractivity contribution in [1.29, 1.82) is 0 Å². The molecule has 0 N–H and O–H groups in total. The van der Waals surface area contributed by atoms with E-state index < -0.39 is 14.5 Å². The maximum Gasteiger partial charge on any atom is 1.00 e. The number of nitrogens with zero attached hydrogens (tertiary/aromatic N) is 9. The number of hydrogen-bond acceptors (Lipinski definition) is 9. The smallest absolute Gasteiger partial charge is 0.418 e. The monoisotopic (exact) mass is 1180 g/mol. The molecule has 0 aliphatic heterocycles. The molecule has 6 aromatic heterocycles. The van der Waals surface area contributed by atoms with Crippen LogP contribution in [-0.4, -0.2) is 64.5 Å². The standard InChI is InChI=1S/C51H57N9.CH2Cl2.2BF4.2Cu/c1-4-46-49(37-58(31-40-19-7-13-25-52-40)32-41-20-8-14-26-53-41)47(5-2)51(39-60(35-44-23-11-17-29-56-44)36-45-24-12-18-30-57-45)48(6-3)50(46)38-59(33-42-21-9-15-27-54-42)34-43-22-10-16-28-55-43;2-1-3;2*2-1(3,4)5;;/h7-30H,4-6,31-39H2,1-3H3;1H2;;;;/q;;2*-1;2*+1. The molecule has 0 amide bonds. The van der Waals surface area contributed by atoms with E-state index in [1.165, 1.54) is 33.4 Å². The van der Waals surface area contributed by atoms with Crippen molar-refractivity contribution in [2.24, 2.45) is 0 Å². The molecule has 1 aromatic carbocycles. The topological polar surface area (TPSA) is 87.1 Å². The summed E-state index contributed by atoms with van der Waals surface area (Å²) >= 11 is 9.53. The molecule has 410 valence electrons. The van der Waals surface area contributed by atoms with Gasteiger partial charge in [0.15, 0.2) is 0 Å². The molecule has 6 heterocycles. The van der Waals surface area contributed by atoms with Crippen LogP contribution >= 0.6 is 23.2 Å². The number of halogens is 10. The molecule has 0 fully saturated rings. The Kier molecular flexibility index (Phi) is 31.4. The fourth-order valence-corrected chi connectivity index (χ4v) is 8.44. The van der Waals surface area contributed by atoms with Crippen molar-refractivity contribution in [1.82, 2.24) is 44.6 Å².